The zero-order valence-electron chi connectivity index (χ0n) is 24.7. The van der Waals surface area contributed by atoms with Gasteiger partial charge in [0.25, 0.3) is 0 Å². The number of carbonyl (C=O) groups is 4. The largest absolute Gasteiger partial charge is 0.513 e. The third-order valence-electron chi connectivity index (χ3n) is 6.15. The molecule has 3 N–H and O–H groups in total. The Morgan fingerprint density at radius 2 is 1.43 bits per heavy atom. The van der Waals surface area contributed by atoms with Crippen LogP contribution in [0.15, 0.2) is 18.2 Å². The number of aliphatic carboxylic acids is 1. The average Bonchev–Trinajstić information content (AvgIpc) is 2.84. The van der Waals surface area contributed by atoms with Crippen molar-refractivity contribution in [1.29, 1.82) is 0 Å². The van der Waals surface area contributed by atoms with Gasteiger partial charge in [0.05, 0.1) is 19.6 Å². The van der Waals surface area contributed by atoms with Crippen molar-refractivity contribution in [1.82, 2.24) is 0 Å². The molecule has 1 aromatic carbocycles. The minimum atomic E-state index is -1.39. The Morgan fingerprint density at radius 1 is 0.900 bits per heavy atom. The van der Waals surface area contributed by atoms with Crippen LogP contribution in [0.3, 0.4) is 0 Å². The Bertz CT molecular complexity index is 988. The summed E-state index contributed by atoms with van der Waals surface area (Å²) in [4.78, 5) is 49.0. The Kier molecular flexibility index (Phi) is 14.5. The van der Waals surface area contributed by atoms with Crippen LogP contribution in [0.5, 0.6) is 11.5 Å². The first-order valence-corrected chi connectivity index (χ1v) is 13.7. The van der Waals surface area contributed by atoms with Crippen LogP contribution in [0.4, 0.5) is 9.59 Å². The SMILES string of the molecule is CCCCOC(=O)Oc1ccc(C(C(C)C(C)OC(=O)CC(C)(C)C)[C@H](N)C(=O)O)cc1OC(=O)OCCCC. The predicted molar refractivity (Wildman–Crippen MR) is 147 cm³/mol. The molecule has 0 saturated carbocycles. The van der Waals surface area contributed by atoms with Gasteiger partial charge in [-0.3, -0.25) is 9.59 Å². The molecule has 0 bridgehead atoms. The minimum absolute atomic E-state index is 0.127. The number of carbonyl (C=O) groups excluding carboxylic acids is 3. The molecule has 0 amide bonds. The highest BCUT2D eigenvalue weighted by atomic mass is 16.7. The van der Waals surface area contributed by atoms with E-state index < -0.39 is 48.2 Å². The van der Waals surface area contributed by atoms with E-state index in [4.69, 9.17) is 29.4 Å². The summed E-state index contributed by atoms with van der Waals surface area (Å²) in [6.45, 7) is 13.3. The van der Waals surface area contributed by atoms with Crippen molar-refractivity contribution in [3.63, 3.8) is 0 Å². The van der Waals surface area contributed by atoms with Crippen molar-refractivity contribution in [2.45, 2.75) is 98.6 Å². The van der Waals surface area contributed by atoms with Crippen LogP contribution in [0.2, 0.25) is 0 Å². The standard InChI is InChI=1S/C29H45NO10/c1-8-10-14-36-27(34)39-21-13-12-20(16-22(21)40-28(35)37-15-11-9-2)24(25(30)26(32)33)18(3)19(4)38-23(31)17-29(5,6)7/h12-13,16,18-19,24-25H,8-11,14-15,17,30H2,1-7H3,(H,32,33)/t18?,19?,24?,25-/m0/s1. The number of hydrogen-bond acceptors (Lipinski definition) is 10. The summed E-state index contributed by atoms with van der Waals surface area (Å²) in [6.07, 6.45) is 0.353. The van der Waals surface area contributed by atoms with E-state index >= 15 is 0 Å². The zero-order chi connectivity index (χ0) is 30.5. The molecular weight excluding hydrogens is 522 g/mol. The first-order valence-electron chi connectivity index (χ1n) is 13.7. The Balaban J connectivity index is 3.37. The van der Waals surface area contributed by atoms with Gasteiger partial charge in [-0.25, -0.2) is 9.59 Å². The van der Waals surface area contributed by atoms with E-state index in [-0.39, 0.29) is 36.5 Å². The van der Waals surface area contributed by atoms with E-state index in [1.54, 1.807) is 13.8 Å². The molecule has 0 aliphatic carbocycles. The zero-order valence-corrected chi connectivity index (χ0v) is 24.7. The molecule has 0 saturated heterocycles. The van der Waals surface area contributed by atoms with Crippen molar-refractivity contribution in [3.05, 3.63) is 23.8 Å². The second-order valence-electron chi connectivity index (χ2n) is 11.0. The lowest BCUT2D eigenvalue weighted by Gasteiger charge is -2.32. The number of benzene rings is 1. The second kappa shape index (κ2) is 16.7. The van der Waals surface area contributed by atoms with Crippen LogP contribution in [0, 0.1) is 11.3 Å². The molecule has 0 aliphatic rings. The number of ether oxygens (including phenoxy) is 5. The van der Waals surface area contributed by atoms with Crippen LogP contribution in [-0.4, -0.2) is 54.7 Å². The molecule has 0 aliphatic heterocycles. The lowest BCUT2D eigenvalue weighted by molar-refractivity contribution is -0.153. The van der Waals surface area contributed by atoms with Gasteiger partial charge in [0.2, 0.25) is 0 Å². The summed E-state index contributed by atoms with van der Waals surface area (Å²) >= 11 is 0. The molecule has 0 radical (unpaired) electrons. The fraction of sp³-hybridized carbons (Fsp3) is 0.655. The molecule has 1 rings (SSSR count). The van der Waals surface area contributed by atoms with Gasteiger partial charge in [0, 0.05) is 11.8 Å². The lowest BCUT2D eigenvalue weighted by atomic mass is 9.79. The van der Waals surface area contributed by atoms with Crippen molar-refractivity contribution in [2.24, 2.45) is 17.1 Å². The smallest absolute Gasteiger partial charge is 0.480 e. The van der Waals surface area contributed by atoms with E-state index in [2.05, 4.69) is 0 Å². The molecule has 11 heteroatoms. The Hall–Kier alpha value is -3.34. The maximum absolute atomic E-state index is 12.5. The molecule has 0 aromatic heterocycles. The van der Waals surface area contributed by atoms with Crippen LogP contribution in [0.1, 0.15) is 92.1 Å². The highest BCUT2D eigenvalue weighted by Gasteiger charge is 2.36. The molecule has 0 fully saturated rings. The van der Waals surface area contributed by atoms with Gasteiger partial charge in [-0.15, -0.1) is 0 Å². The van der Waals surface area contributed by atoms with E-state index in [1.807, 2.05) is 34.6 Å². The second-order valence-corrected chi connectivity index (χ2v) is 11.0. The first kappa shape index (κ1) is 34.7. The van der Waals surface area contributed by atoms with E-state index in [0.717, 1.165) is 12.8 Å². The molecule has 226 valence electrons. The molecular formula is C29H45NO10. The Morgan fingerprint density at radius 3 is 1.90 bits per heavy atom. The fourth-order valence-corrected chi connectivity index (χ4v) is 3.81. The summed E-state index contributed by atoms with van der Waals surface area (Å²) in [5.74, 6) is -3.44. The molecule has 0 heterocycles. The molecule has 4 atom stereocenters. The number of carboxylic acid groups (broad SMARTS) is 1. The predicted octanol–water partition coefficient (Wildman–Crippen LogP) is 5.82. The van der Waals surface area contributed by atoms with Crippen LogP contribution in [-0.2, 0) is 23.8 Å². The normalized spacial score (nSPS) is 14.3. The minimum Gasteiger partial charge on any atom is -0.480 e. The number of esters is 1. The quantitative estimate of drug-likeness (QED) is 0.114. The highest BCUT2D eigenvalue weighted by Crippen LogP contribution is 2.37. The fourth-order valence-electron chi connectivity index (χ4n) is 3.81. The van der Waals surface area contributed by atoms with Gasteiger partial charge in [0.1, 0.15) is 12.1 Å². The summed E-state index contributed by atoms with van der Waals surface area (Å²) in [7, 11) is 0. The maximum atomic E-state index is 12.5. The molecule has 1 aromatic rings. The Labute approximate surface area is 236 Å². The lowest BCUT2D eigenvalue weighted by Crippen LogP contribution is -2.42. The number of rotatable bonds is 15. The highest BCUT2D eigenvalue weighted by molar-refractivity contribution is 5.75. The van der Waals surface area contributed by atoms with Crippen molar-refractivity contribution < 1.29 is 48.0 Å². The van der Waals surface area contributed by atoms with Crippen molar-refractivity contribution in [3.8, 4) is 11.5 Å². The topological polar surface area (TPSA) is 161 Å². The third-order valence-corrected chi connectivity index (χ3v) is 6.15. The summed E-state index contributed by atoms with van der Waals surface area (Å²) < 4.78 is 26.3. The van der Waals surface area contributed by atoms with E-state index in [0.29, 0.717) is 18.4 Å². The van der Waals surface area contributed by atoms with Crippen LogP contribution in [0.25, 0.3) is 0 Å². The van der Waals surface area contributed by atoms with Crippen LogP contribution >= 0.6 is 0 Å². The number of hydrogen-bond donors (Lipinski definition) is 2. The summed E-state index contributed by atoms with van der Waals surface area (Å²) in [5, 5.41) is 9.77. The average molecular weight is 568 g/mol. The first-order chi connectivity index (χ1) is 18.7. The van der Waals surface area contributed by atoms with Gasteiger partial charge in [0.15, 0.2) is 11.5 Å². The molecule has 40 heavy (non-hydrogen) atoms. The molecule has 3 unspecified atom stereocenters. The monoisotopic (exact) mass is 567 g/mol. The van der Waals surface area contributed by atoms with Crippen LogP contribution < -0.4 is 15.2 Å². The number of unbranched alkanes of at least 4 members (excludes halogenated alkanes) is 2. The van der Waals surface area contributed by atoms with E-state index in [9.17, 15) is 24.3 Å². The van der Waals surface area contributed by atoms with Gasteiger partial charge in [-0.05, 0) is 42.9 Å². The summed E-state index contributed by atoms with van der Waals surface area (Å²) in [5.41, 5.74) is 6.18. The van der Waals surface area contributed by atoms with Gasteiger partial charge in [-0.2, -0.15) is 0 Å². The van der Waals surface area contributed by atoms with Gasteiger partial charge >= 0.3 is 24.2 Å². The molecule has 11 nitrogen and oxygen atoms in total. The van der Waals surface area contributed by atoms with Gasteiger partial charge < -0.3 is 34.5 Å². The molecule has 0 spiro atoms. The summed E-state index contributed by atoms with van der Waals surface area (Å²) in [6, 6.07) is 2.84. The van der Waals surface area contributed by atoms with Crippen molar-refractivity contribution in [2.75, 3.05) is 13.2 Å². The third kappa shape index (κ3) is 12.2. The van der Waals surface area contributed by atoms with E-state index in [1.165, 1.54) is 18.2 Å². The number of nitrogens with two attached hydrogens (primary N) is 1. The van der Waals surface area contributed by atoms with Crippen molar-refractivity contribution >= 4 is 24.2 Å². The maximum Gasteiger partial charge on any atom is 0.513 e. The van der Waals surface area contributed by atoms with Gasteiger partial charge in [-0.1, -0.05) is 60.5 Å². The number of carboxylic acids is 1.